The summed E-state index contributed by atoms with van der Waals surface area (Å²) in [7, 11) is -3.55. The molecule has 0 aliphatic carbocycles. The number of para-hydroxylation sites is 1. The van der Waals surface area contributed by atoms with Crippen molar-refractivity contribution in [3.05, 3.63) is 102 Å². The average Bonchev–Trinajstić information content (AvgIpc) is 3.15. The highest BCUT2D eigenvalue weighted by Crippen LogP contribution is 2.27. The molecule has 1 aromatic heterocycles. The van der Waals surface area contributed by atoms with Gasteiger partial charge in [0.25, 0.3) is 0 Å². The number of hydrogen-bond donors (Lipinski definition) is 0. The highest BCUT2D eigenvalue weighted by molar-refractivity contribution is 7.98. The molecular formula is C23H21N3O2S2. The van der Waals surface area contributed by atoms with Gasteiger partial charge in [0.1, 0.15) is 5.75 Å². The van der Waals surface area contributed by atoms with Gasteiger partial charge in [-0.1, -0.05) is 78.0 Å². The summed E-state index contributed by atoms with van der Waals surface area (Å²) in [6.07, 6.45) is 0. The van der Waals surface area contributed by atoms with Crippen LogP contribution >= 0.6 is 11.8 Å². The Bertz CT molecular complexity index is 1220. The Hall–Kier alpha value is -2.90. The molecule has 4 rings (SSSR count). The van der Waals surface area contributed by atoms with Gasteiger partial charge in [-0.05, 0) is 36.8 Å². The molecule has 0 aliphatic heterocycles. The molecule has 0 saturated heterocycles. The van der Waals surface area contributed by atoms with Gasteiger partial charge in [0.15, 0.2) is 20.8 Å². The number of aryl methyl sites for hydroxylation is 1. The van der Waals surface area contributed by atoms with Gasteiger partial charge < -0.3 is 0 Å². The van der Waals surface area contributed by atoms with E-state index in [9.17, 15) is 8.42 Å². The summed E-state index contributed by atoms with van der Waals surface area (Å²) in [5.74, 6) is 0.901. The van der Waals surface area contributed by atoms with Crippen LogP contribution in [0.15, 0.2) is 95.0 Å². The maximum Gasteiger partial charge on any atom is 0.196 e. The van der Waals surface area contributed by atoms with Crippen molar-refractivity contribution in [1.29, 1.82) is 0 Å². The molecule has 3 aromatic carbocycles. The van der Waals surface area contributed by atoms with Gasteiger partial charge in [0.2, 0.25) is 0 Å². The van der Waals surface area contributed by atoms with Gasteiger partial charge in [0, 0.05) is 11.4 Å². The van der Waals surface area contributed by atoms with Crippen LogP contribution in [0.4, 0.5) is 0 Å². The first-order valence-electron chi connectivity index (χ1n) is 9.49. The predicted octanol–water partition coefficient (Wildman–Crippen LogP) is 4.84. The average molecular weight is 436 g/mol. The Balaban J connectivity index is 1.67. The highest BCUT2D eigenvalue weighted by atomic mass is 32.2. The Morgan fingerprint density at radius 2 is 1.47 bits per heavy atom. The molecule has 0 bridgehead atoms. The zero-order valence-electron chi connectivity index (χ0n) is 16.5. The lowest BCUT2D eigenvalue weighted by atomic mass is 10.2. The van der Waals surface area contributed by atoms with E-state index in [1.54, 1.807) is 24.3 Å². The van der Waals surface area contributed by atoms with Crippen LogP contribution in [0.25, 0.3) is 5.69 Å². The van der Waals surface area contributed by atoms with Crippen molar-refractivity contribution in [2.45, 2.75) is 28.5 Å². The van der Waals surface area contributed by atoms with E-state index in [1.165, 1.54) is 17.3 Å². The predicted molar refractivity (Wildman–Crippen MR) is 119 cm³/mol. The van der Waals surface area contributed by atoms with Crippen LogP contribution in [-0.2, 0) is 21.3 Å². The molecule has 7 heteroatoms. The van der Waals surface area contributed by atoms with Crippen LogP contribution in [0, 0.1) is 6.92 Å². The van der Waals surface area contributed by atoms with Crippen molar-refractivity contribution in [2.75, 3.05) is 0 Å². The molecule has 152 valence electrons. The summed E-state index contributed by atoms with van der Waals surface area (Å²) in [6.45, 7) is 1.93. The van der Waals surface area contributed by atoms with Crippen molar-refractivity contribution in [2.24, 2.45) is 0 Å². The summed E-state index contributed by atoms with van der Waals surface area (Å²) in [4.78, 5) is 0.286. The first-order chi connectivity index (χ1) is 14.5. The monoisotopic (exact) mass is 435 g/mol. The first-order valence-corrected chi connectivity index (χ1v) is 12.1. The third-order valence-electron chi connectivity index (χ3n) is 4.62. The number of benzene rings is 3. The normalized spacial score (nSPS) is 11.5. The lowest BCUT2D eigenvalue weighted by molar-refractivity contribution is 0.593. The number of hydrogen-bond acceptors (Lipinski definition) is 5. The van der Waals surface area contributed by atoms with E-state index >= 15 is 0 Å². The van der Waals surface area contributed by atoms with Gasteiger partial charge in [-0.2, -0.15) is 0 Å². The van der Waals surface area contributed by atoms with Crippen molar-refractivity contribution >= 4 is 21.6 Å². The Morgan fingerprint density at radius 3 is 2.13 bits per heavy atom. The molecule has 1 heterocycles. The molecular weight excluding hydrogens is 414 g/mol. The smallest absolute Gasteiger partial charge is 0.196 e. The number of aromatic nitrogens is 3. The fourth-order valence-corrected chi connectivity index (χ4v) is 5.22. The zero-order valence-corrected chi connectivity index (χ0v) is 18.1. The van der Waals surface area contributed by atoms with E-state index in [1.807, 2.05) is 60.0 Å². The first kappa shape index (κ1) is 20.4. The fraction of sp³-hybridized carbons (Fsp3) is 0.130. The molecule has 0 N–H and O–H groups in total. The maximum atomic E-state index is 13.0. The molecule has 0 unspecified atom stereocenters. The van der Waals surface area contributed by atoms with E-state index in [0.29, 0.717) is 11.0 Å². The minimum absolute atomic E-state index is 0.218. The molecule has 0 atom stereocenters. The van der Waals surface area contributed by atoms with Crippen molar-refractivity contribution in [1.82, 2.24) is 14.8 Å². The van der Waals surface area contributed by atoms with Crippen LogP contribution < -0.4 is 0 Å². The lowest BCUT2D eigenvalue weighted by Gasteiger charge is -2.11. The third-order valence-corrected chi connectivity index (χ3v) is 7.25. The standard InChI is InChI=1S/C23H21N3O2S2/c1-18-12-14-21(15-13-18)30(27,28)17-22-24-25-23(26(22)20-10-6-3-7-11-20)29-16-19-8-4-2-5-9-19/h2-15H,16-17H2,1H3. The number of thioether (sulfide) groups is 1. The molecule has 0 fully saturated rings. The molecule has 0 aliphatic rings. The second-order valence-corrected chi connectivity index (χ2v) is 9.85. The molecule has 30 heavy (non-hydrogen) atoms. The molecule has 0 radical (unpaired) electrons. The summed E-state index contributed by atoms with van der Waals surface area (Å²) in [6, 6.07) is 26.6. The number of rotatable bonds is 7. The number of nitrogens with zero attached hydrogens (tertiary/aromatic N) is 3. The Labute approximate surface area is 180 Å². The highest BCUT2D eigenvalue weighted by Gasteiger charge is 2.22. The topological polar surface area (TPSA) is 64.8 Å². The van der Waals surface area contributed by atoms with Gasteiger partial charge in [-0.15, -0.1) is 10.2 Å². The fourth-order valence-electron chi connectivity index (χ4n) is 3.04. The SMILES string of the molecule is Cc1ccc(S(=O)(=O)Cc2nnc(SCc3ccccc3)n2-c2ccccc2)cc1. The Kier molecular flexibility index (Phi) is 6.01. The number of sulfone groups is 1. The largest absolute Gasteiger partial charge is 0.273 e. The van der Waals surface area contributed by atoms with Crippen LogP contribution in [0.2, 0.25) is 0 Å². The van der Waals surface area contributed by atoms with Crippen molar-refractivity contribution in [3.63, 3.8) is 0 Å². The third kappa shape index (κ3) is 4.63. The molecule has 0 spiro atoms. The van der Waals surface area contributed by atoms with Crippen LogP contribution in [0.1, 0.15) is 17.0 Å². The lowest BCUT2D eigenvalue weighted by Crippen LogP contribution is -2.11. The summed E-state index contributed by atoms with van der Waals surface area (Å²) in [5.41, 5.74) is 3.02. The molecule has 0 saturated carbocycles. The van der Waals surface area contributed by atoms with Gasteiger partial charge in [-0.3, -0.25) is 4.57 Å². The molecule has 5 nitrogen and oxygen atoms in total. The van der Waals surface area contributed by atoms with Gasteiger partial charge in [-0.25, -0.2) is 8.42 Å². The van der Waals surface area contributed by atoms with Gasteiger partial charge >= 0.3 is 0 Å². The van der Waals surface area contributed by atoms with Gasteiger partial charge in [0.05, 0.1) is 4.90 Å². The second kappa shape index (κ2) is 8.85. The maximum absolute atomic E-state index is 13.0. The van der Waals surface area contributed by atoms with E-state index in [-0.39, 0.29) is 10.6 Å². The zero-order chi connectivity index (χ0) is 21.0. The quantitative estimate of drug-likeness (QED) is 0.389. The van der Waals surface area contributed by atoms with Crippen molar-refractivity contribution < 1.29 is 8.42 Å². The van der Waals surface area contributed by atoms with E-state index in [2.05, 4.69) is 22.3 Å². The summed E-state index contributed by atoms with van der Waals surface area (Å²) in [5, 5.41) is 9.22. The molecule has 0 amide bonds. The van der Waals surface area contributed by atoms with E-state index in [0.717, 1.165) is 17.0 Å². The van der Waals surface area contributed by atoms with Crippen LogP contribution in [0.3, 0.4) is 0 Å². The molecule has 4 aromatic rings. The Morgan fingerprint density at radius 1 is 0.833 bits per heavy atom. The van der Waals surface area contributed by atoms with Crippen LogP contribution in [-0.4, -0.2) is 23.2 Å². The van der Waals surface area contributed by atoms with Crippen molar-refractivity contribution in [3.8, 4) is 5.69 Å². The minimum Gasteiger partial charge on any atom is -0.273 e. The second-order valence-electron chi connectivity index (χ2n) is 6.92. The minimum atomic E-state index is -3.55. The van der Waals surface area contributed by atoms with E-state index in [4.69, 9.17) is 0 Å². The van der Waals surface area contributed by atoms with E-state index < -0.39 is 9.84 Å². The van der Waals surface area contributed by atoms with Crippen LogP contribution in [0.5, 0.6) is 0 Å². The summed E-state index contributed by atoms with van der Waals surface area (Å²) >= 11 is 1.53. The summed E-state index contributed by atoms with van der Waals surface area (Å²) < 4.78 is 27.8.